The van der Waals surface area contributed by atoms with Crippen molar-refractivity contribution in [1.82, 2.24) is 5.32 Å². The van der Waals surface area contributed by atoms with Crippen molar-refractivity contribution in [1.29, 1.82) is 0 Å². The fourth-order valence-electron chi connectivity index (χ4n) is 4.29. The summed E-state index contributed by atoms with van der Waals surface area (Å²) in [5.41, 5.74) is 6.09. The van der Waals surface area contributed by atoms with E-state index in [2.05, 4.69) is 26.1 Å². The largest absolute Gasteiger partial charge is 0.353 e. The first-order valence-electron chi connectivity index (χ1n) is 8.44. The number of rotatable bonds is 3. The average Bonchev–Trinajstić information content (AvgIpc) is 2.86. The molecule has 0 aliphatic heterocycles. The molecule has 3 N–H and O–H groups in total. The summed E-state index contributed by atoms with van der Waals surface area (Å²) >= 11 is 0. The minimum atomic E-state index is 0.169. The van der Waals surface area contributed by atoms with Gasteiger partial charge in [-0.2, -0.15) is 0 Å². The molecule has 0 aromatic heterocycles. The molecule has 3 heteroatoms. The van der Waals surface area contributed by atoms with E-state index in [1.807, 2.05) is 0 Å². The summed E-state index contributed by atoms with van der Waals surface area (Å²) in [4.78, 5) is 12.6. The van der Waals surface area contributed by atoms with Gasteiger partial charge in [-0.15, -0.1) is 0 Å². The molecule has 0 radical (unpaired) electrons. The van der Waals surface area contributed by atoms with Crippen molar-refractivity contribution < 1.29 is 4.79 Å². The molecular formula is C17H32N2O. The van der Waals surface area contributed by atoms with Crippen molar-refractivity contribution in [3.8, 4) is 0 Å². The lowest BCUT2D eigenvalue weighted by Crippen LogP contribution is -2.49. The first-order chi connectivity index (χ1) is 9.43. The summed E-state index contributed by atoms with van der Waals surface area (Å²) < 4.78 is 0. The third-order valence-corrected chi connectivity index (χ3v) is 5.50. The van der Waals surface area contributed by atoms with Crippen LogP contribution in [0.25, 0.3) is 0 Å². The number of carbonyl (C=O) groups excluding carboxylic acids is 1. The monoisotopic (exact) mass is 280 g/mol. The highest BCUT2D eigenvalue weighted by atomic mass is 16.2. The number of hydrogen-bond donors (Lipinski definition) is 2. The third kappa shape index (κ3) is 3.55. The fraction of sp³-hybridized carbons (Fsp3) is 0.941. The van der Waals surface area contributed by atoms with E-state index in [9.17, 15) is 4.79 Å². The normalized spacial score (nSPS) is 35.0. The van der Waals surface area contributed by atoms with Gasteiger partial charge in [-0.25, -0.2) is 0 Å². The van der Waals surface area contributed by atoms with Crippen LogP contribution in [0.1, 0.15) is 65.7 Å². The Bertz CT molecular complexity index is 334. The zero-order valence-corrected chi connectivity index (χ0v) is 13.5. The Morgan fingerprint density at radius 3 is 2.45 bits per heavy atom. The zero-order chi connectivity index (χ0) is 14.8. The molecule has 1 amide bonds. The quantitative estimate of drug-likeness (QED) is 0.834. The third-order valence-electron chi connectivity index (χ3n) is 5.50. The Morgan fingerprint density at radius 2 is 1.80 bits per heavy atom. The summed E-state index contributed by atoms with van der Waals surface area (Å²) in [5, 5.41) is 3.39. The Balaban J connectivity index is 1.98. The predicted octanol–water partition coefficient (Wildman–Crippen LogP) is 3.08. The maximum Gasteiger partial charge on any atom is 0.223 e. The molecule has 3 nitrogen and oxygen atoms in total. The van der Waals surface area contributed by atoms with Gasteiger partial charge in [0.25, 0.3) is 0 Å². The van der Waals surface area contributed by atoms with Crippen LogP contribution < -0.4 is 11.1 Å². The van der Waals surface area contributed by atoms with Gasteiger partial charge < -0.3 is 11.1 Å². The summed E-state index contributed by atoms with van der Waals surface area (Å²) in [5.74, 6) is 1.46. The first-order valence-corrected chi connectivity index (χ1v) is 8.44. The van der Waals surface area contributed by atoms with Gasteiger partial charge >= 0.3 is 0 Å². The van der Waals surface area contributed by atoms with E-state index in [1.165, 1.54) is 19.3 Å². The van der Waals surface area contributed by atoms with E-state index in [1.54, 1.807) is 0 Å². The van der Waals surface area contributed by atoms with Crippen molar-refractivity contribution in [3.63, 3.8) is 0 Å². The van der Waals surface area contributed by atoms with Crippen molar-refractivity contribution in [2.75, 3.05) is 6.54 Å². The van der Waals surface area contributed by atoms with Crippen LogP contribution >= 0.6 is 0 Å². The lowest BCUT2D eigenvalue weighted by atomic mass is 9.69. The molecule has 2 aliphatic rings. The summed E-state index contributed by atoms with van der Waals surface area (Å²) in [7, 11) is 0. The molecule has 2 saturated carbocycles. The van der Waals surface area contributed by atoms with Crippen LogP contribution in [-0.4, -0.2) is 18.5 Å². The minimum absolute atomic E-state index is 0.169. The van der Waals surface area contributed by atoms with Gasteiger partial charge in [0.2, 0.25) is 5.91 Å². The highest BCUT2D eigenvalue weighted by molar-refractivity contribution is 5.79. The van der Waals surface area contributed by atoms with Crippen LogP contribution in [0.4, 0.5) is 0 Å². The van der Waals surface area contributed by atoms with Crippen LogP contribution in [-0.2, 0) is 4.79 Å². The number of carbonyl (C=O) groups is 1. The van der Waals surface area contributed by atoms with E-state index >= 15 is 0 Å². The van der Waals surface area contributed by atoms with Crippen LogP contribution in [0.15, 0.2) is 0 Å². The van der Waals surface area contributed by atoms with Crippen molar-refractivity contribution >= 4 is 5.91 Å². The second-order valence-electron chi connectivity index (χ2n) is 7.91. The Kier molecular flexibility index (Phi) is 5.11. The second kappa shape index (κ2) is 6.46. The highest BCUT2D eigenvalue weighted by Crippen LogP contribution is 2.39. The lowest BCUT2D eigenvalue weighted by Gasteiger charge is -2.41. The Morgan fingerprint density at radius 1 is 1.10 bits per heavy atom. The number of nitrogens with two attached hydrogens (primary N) is 1. The van der Waals surface area contributed by atoms with Gasteiger partial charge in [0.1, 0.15) is 0 Å². The maximum absolute atomic E-state index is 12.6. The van der Waals surface area contributed by atoms with E-state index in [-0.39, 0.29) is 17.2 Å². The average molecular weight is 280 g/mol. The molecule has 4 unspecified atom stereocenters. The Labute approximate surface area is 124 Å². The van der Waals surface area contributed by atoms with Crippen molar-refractivity contribution in [3.05, 3.63) is 0 Å². The van der Waals surface area contributed by atoms with E-state index in [0.29, 0.717) is 24.4 Å². The SMILES string of the molecule is CC(C)(C)C1CCCCC1NC(=O)C1CCCC1CN. The van der Waals surface area contributed by atoms with E-state index in [4.69, 9.17) is 5.73 Å². The first kappa shape index (κ1) is 15.8. The summed E-state index contributed by atoms with van der Waals surface area (Å²) in [6.45, 7) is 7.58. The smallest absolute Gasteiger partial charge is 0.223 e. The molecule has 0 aromatic rings. The number of nitrogens with one attached hydrogen (secondary N) is 1. The molecule has 116 valence electrons. The van der Waals surface area contributed by atoms with Crippen LogP contribution in [0, 0.1) is 23.2 Å². The molecular weight excluding hydrogens is 248 g/mol. The van der Waals surface area contributed by atoms with Gasteiger partial charge in [0, 0.05) is 12.0 Å². The molecule has 4 atom stereocenters. The topological polar surface area (TPSA) is 55.1 Å². The van der Waals surface area contributed by atoms with E-state index < -0.39 is 0 Å². The van der Waals surface area contributed by atoms with Gasteiger partial charge in [-0.3, -0.25) is 4.79 Å². The lowest BCUT2D eigenvalue weighted by molar-refractivity contribution is -0.127. The summed E-state index contributed by atoms with van der Waals surface area (Å²) in [6, 6.07) is 0.371. The highest BCUT2D eigenvalue weighted by Gasteiger charge is 2.38. The number of hydrogen-bond acceptors (Lipinski definition) is 2. The van der Waals surface area contributed by atoms with Gasteiger partial charge in [0.15, 0.2) is 0 Å². The Hall–Kier alpha value is -0.570. The van der Waals surface area contributed by atoms with Crippen LogP contribution in [0.5, 0.6) is 0 Å². The molecule has 2 aliphatic carbocycles. The fourth-order valence-corrected chi connectivity index (χ4v) is 4.29. The molecule has 0 saturated heterocycles. The second-order valence-corrected chi connectivity index (χ2v) is 7.91. The molecule has 0 spiro atoms. The van der Waals surface area contributed by atoms with Crippen molar-refractivity contribution in [2.45, 2.75) is 71.8 Å². The minimum Gasteiger partial charge on any atom is -0.353 e. The standard InChI is InChI=1S/C17H32N2O/c1-17(2,3)14-9-4-5-10-15(14)19-16(20)13-8-6-7-12(13)11-18/h12-15H,4-11,18H2,1-3H3,(H,19,20). The van der Waals surface area contributed by atoms with Gasteiger partial charge in [-0.1, -0.05) is 40.0 Å². The molecule has 2 rings (SSSR count). The molecule has 0 bridgehead atoms. The molecule has 0 aromatic carbocycles. The van der Waals surface area contributed by atoms with Gasteiger partial charge in [-0.05, 0) is 49.5 Å². The van der Waals surface area contributed by atoms with Crippen LogP contribution in [0.3, 0.4) is 0 Å². The predicted molar refractivity (Wildman–Crippen MR) is 83.2 cm³/mol. The maximum atomic E-state index is 12.6. The van der Waals surface area contributed by atoms with E-state index in [0.717, 1.165) is 25.7 Å². The number of amides is 1. The molecule has 2 fully saturated rings. The molecule has 0 heterocycles. The summed E-state index contributed by atoms with van der Waals surface area (Å²) in [6.07, 6.45) is 8.27. The zero-order valence-electron chi connectivity index (χ0n) is 13.5. The molecule has 20 heavy (non-hydrogen) atoms. The van der Waals surface area contributed by atoms with Gasteiger partial charge in [0.05, 0.1) is 0 Å². The van der Waals surface area contributed by atoms with Crippen LogP contribution in [0.2, 0.25) is 0 Å². The van der Waals surface area contributed by atoms with Crippen molar-refractivity contribution in [2.24, 2.45) is 28.9 Å².